The third-order valence-corrected chi connectivity index (χ3v) is 9.79. The summed E-state index contributed by atoms with van der Waals surface area (Å²) in [5, 5.41) is 4.78. The maximum atomic E-state index is 5.40. The van der Waals surface area contributed by atoms with Gasteiger partial charge < -0.3 is 0 Å². The van der Waals surface area contributed by atoms with E-state index >= 15 is 0 Å². The third-order valence-electron chi connectivity index (χ3n) is 9.79. The van der Waals surface area contributed by atoms with Crippen LogP contribution >= 0.6 is 0 Å². The van der Waals surface area contributed by atoms with Crippen molar-refractivity contribution in [3.63, 3.8) is 0 Å². The van der Waals surface area contributed by atoms with Crippen LogP contribution in [0.25, 0.3) is 45.1 Å². The van der Waals surface area contributed by atoms with Crippen LogP contribution in [-0.4, -0.2) is 28.1 Å². The van der Waals surface area contributed by atoms with Gasteiger partial charge in [0, 0.05) is 46.5 Å². The molecule has 5 heterocycles. The van der Waals surface area contributed by atoms with Gasteiger partial charge in [-0.2, -0.15) is 0 Å². The Kier molecular flexibility index (Phi) is 6.10. The molecule has 0 N–H and O–H groups in total. The summed E-state index contributed by atoms with van der Waals surface area (Å²) in [5.41, 5.74) is 14.6. The van der Waals surface area contributed by atoms with Crippen molar-refractivity contribution in [1.82, 2.24) is 9.97 Å². The molecule has 0 spiro atoms. The molecule has 0 unspecified atom stereocenters. The van der Waals surface area contributed by atoms with Gasteiger partial charge in [0.2, 0.25) is 0 Å². The van der Waals surface area contributed by atoms with E-state index in [0.29, 0.717) is 0 Å². The van der Waals surface area contributed by atoms with Crippen molar-refractivity contribution >= 4 is 74.6 Å². The van der Waals surface area contributed by atoms with Gasteiger partial charge in [-0.25, -0.2) is 4.98 Å². The largest absolute Gasteiger partial charge is 0.269 e. The van der Waals surface area contributed by atoms with Crippen LogP contribution in [0.1, 0.15) is 73.6 Å². The molecular weight excluding hydrogens is 538 g/mol. The second-order valence-electron chi connectivity index (χ2n) is 12.4. The number of fused-ring (bicyclic) bond motifs is 7. The zero-order chi connectivity index (χ0) is 29.0. The van der Waals surface area contributed by atoms with Crippen LogP contribution in [-0.2, 0) is 12.8 Å². The lowest BCUT2D eigenvalue weighted by Crippen LogP contribution is -2.34. The quantitative estimate of drug-likeness (QED) is 0.252. The summed E-state index contributed by atoms with van der Waals surface area (Å²) >= 11 is 0. The minimum Gasteiger partial charge on any atom is -0.269 e. The van der Waals surface area contributed by atoms with E-state index in [9.17, 15) is 0 Å². The maximum Gasteiger partial charge on any atom is 0.0975 e. The monoisotopic (exact) mass is 571 g/mol. The molecule has 9 rings (SSSR count). The molecule has 5 heteroatoms. The number of benzene rings is 2. The highest BCUT2D eigenvalue weighted by molar-refractivity contribution is 6.08. The molecule has 3 aliphatic heterocycles. The molecule has 2 aromatic carbocycles. The van der Waals surface area contributed by atoms with Crippen molar-refractivity contribution in [3.05, 3.63) is 93.3 Å². The van der Waals surface area contributed by atoms with Crippen LogP contribution in [0, 0.1) is 0 Å². The molecule has 5 nitrogen and oxygen atoms in total. The predicted molar refractivity (Wildman–Crippen MR) is 184 cm³/mol. The third kappa shape index (κ3) is 4.17. The first-order valence-electron chi connectivity index (χ1n) is 16.1. The van der Waals surface area contributed by atoms with E-state index < -0.39 is 0 Å². The van der Waals surface area contributed by atoms with E-state index in [2.05, 4.69) is 59.8 Å². The van der Waals surface area contributed by atoms with E-state index in [0.717, 1.165) is 92.0 Å². The first kappa shape index (κ1) is 25.7. The highest BCUT2D eigenvalue weighted by atomic mass is 14.8. The Morgan fingerprint density at radius 2 is 1.57 bits per heavy atom. The van der Waals surface area contributed by atoms with Crippen LogP contribution in [0.15, 0.2) is 75.4 Å². The van der Waals surface area contributed by atoms with Gasteiger partial charge in [0.05, 0.1) is 27.8 Å². The second-order valence-corrected chi connectivity index (χ2v) is 12.4. The minimum absolute atomic E-state index is 0.967. The van der Waals surface area contributed by atoms with Crippen LogP contribution in [0.5, 0.6) is 0 Å². The normalized spacial score (nSPS) is 18.7. The van der Waals surface area contributed by atoms with Gasteiger partial charge in [0.1, 0.15) is 0 Å². The zero-order valence-corrected chi connectivity index (χ0v) is 24.8. The lowest BCUT2D eigenvalue weighted by Gasteiger charge is -2.23. The van der Waals surface area contributed by atoms with Gasteiger partial charge >= 0.3 is 0 Å². The van der Waals surface area contributed by atoms with Crippen molar-refractivity contribution in [3.8, 4) is 0 Å². The Hall–Kier alpha value is -4.77. The van der Waals surface area contributed by atoms with Crippen molar-refractivity contribution in [1.29, 1.82) is 0 Å². The van der Waals surface area contributed by atoms with Gasteiger partial charge in [0.15, 0.2) is 0 Å². The van der Waals surface area contributed by atoms with Crippen LogP contribution < -0.4 is 10.6 Å². The number of aromatic nitrogens is 2. The first-order chi connectivity index (χ1) is 21.8. The van der Waals surface area contributed by atoms with E-state index in [1.54, 1.807) is 0 Å². The fraction of sp³-hybridized carbons (Fsp3) is 0.256. The molecule has 0 saturated heterocycles. The Balaban J connectivity index is 1.15. The minimum atomic E-state index is 0.967. The Morgan fingerprint density at radius 1 is 0.659 bits per heavy atom. The number of allylic oxidation sites excluding steroid dienone is 5. The standard InChI is InChI=1S/C39H33N5/c1-2-10-34-30(8-1)35(28-7-3-19-40-23-28)31-17-15-26-16-18-33(43-37(26)39(31)44-34)25-13-11-24(12-14-25)32-22-27-6-4-20-41-36(27)38-29(32)9-5-21-42-38/h5,8-11,13,15,17,19-23H,1-4,6-7,12,14,16,18H2. The molecular formula is C39H33N5. The summed E-state index contributed by atoms with van der Waals surface area (Å²) in [6.07, 6.45) is 27.4. The summed E-state index contributed by atoms with van der Waals surface area (Å²) < 4.78 is 0. The molecule has 2 aliphatic carbocycles. The van der Waals surface area contributed by atoms with Crippen molar-refractivity contribution in [2.45, 2.75) is 64.2 Å². The van der Waals surface area contributed by atoms with Crippen LogP contribution in [0.4, 0.5) is 11.4 Å². The molecule has 0 amide bonds. The molecule has 5 aliphatic rings. The summed E-state index contributed by atoms with van der Waals surface area (Å²) in [6, 6.07) is 11.2. The van der Waals surface area contributed by atoms with Crippen LogP contribution in [0.3, 0.4) is 0 Å². The lowest BCUT2D eigenvalue weighted by atomic mass is 9.85. The molecule has 44 heavy (non-hydrogen) atoms. The molecule has 0 fully saturated rings. The first-order valence-corrected chi connectivity index (χ1v) is 16.1. The van der Waals surface area contributed by atoms with Crippen molar-refractivity contribution in [2.75, 3.05) is 0 Å². The number of pyridine rings is 2. The van der Waals surface area contributed by atoms with Crippen molar-refractivity contribution in [2.24, 2.45) is 15.0 Å². The molecule has 0 atom stereocenters. The molecule has 0 saturated carbocycles. The number of aryl methyl sites for hydroxylation is 2. The summed E-state index contributed by atoms with van der Waals surface area (Å²) in [4.78, 5) is 24.7. The molecule has 2 aromatic heterocycles. The Bertz CT molecular complexity index is 2220. The number of nitrogens with zero attached hydrogens (tertiary/aromatic N) is 5. The number of hydrogen-bond donors (Lipinski definition) is 0. The van der Waals surface area contributed by atoms with E-state index in [1.165, 1.54) is 60.7 Å². The topological polar surface area (TPSA) is 62.9 Å². The molecule has 0 radical (unpaired) electrons. The van der Waals surface area contributed by atoms with E-state index in [1.807, 2.05) is 24.7 Å². The van der Waals surface area contributed by atoms with E-state index in [4.69, 9.17) is 20.0 Å². The van der Waals surface area contributed by atoms with Gasteiger partial charge in [0.25, 0.3) is 0 Å². The zero-order valence-electron chi connectivity index (χ0n) is 24.8. The fourth-order valence-corrected chi connectivity index (χ4v) is 7.60. The second kappa shape index (κ2) is 10.4. The smallest absolute Gasteiger partial charge is 0.0975 e. The van der Waals surface area contributed by atoms with Crippen molar-refractivity contribution < 1.29 is 0 Å². The summed E-state index contributed by atoms with van der Waals surface area (Å²) in [6.45, 7) is 0. The predicted octanol–water partition coefficient (Wildman–Crippen LogP) is 7.81. The summed E-state index contributed by atoms with van der Waals surface area (Å²) in [5.74, 6) is 0. The fourth-order valence-electron chi connectivity index (χ4n) is 7.60. The SMILES string of the molecule is C1=NC=C(c2c3c(nc4c5c(ccc24)CCC(C2=CC=C(c4cc6c(c7ncccc47)N=CCC6)CC2)=N5)=CCCC=3)CC1. The molecule has 0 bridgehead atoms. The van der Waals surface area contributed by atoms with Gasteiger partial charge in [-0.15, -0.1) is 0 Å². The number of rotatable bonds is 3. The highest BCUT2D eigenvalue weighted by Gasteiger charge is 2.24. The Morgan fingerprint density at radius 3 is 2.48 bits per heavy atom. The van der Waals surface area contributed by atoms with Gasteiger partial charge in [-0.05, 0) is 115 Å². The summed E-state index contributed by atoms with van der Waals surface area (Å²) in [7, 11) is 0. The van der Waals surface area contributed by atoms with Crippen LogP contribution in [0.2, 0.25) is 0 Å². The van der Waals surface area contributed by atoms with E-state index in [-0.39, 0.29) is 0 Å². The average molecular weight is 572 g/mol. The number of aliphatic imine (C=N–C) groups is 3. The molecule has 4 aromatic rings. The molecule has 214 valence electrons. The Labute approximate surface area is 256 Å². The average Bonchev–Trinajstić information content (AvgIpc) is 3.10. The highest BCUT2D eigenvalue weighted by Crippen LogP contribution is 2.41. The van der Waals surface area contributed by atoms with Gasteiger partial charge in [-0.1, -0.05) is 42.5 Å². The maximum absolute atomic E-state index is 5.40. The van der Waals surface area contributed by atoms with Gasteiger partial charge in [-0.3, -0.25) is 20.0 Å². The number of hydrogen-bond acceptors (Lipinski definition) is 5. The lowest BCUT2D eigenvalue weighted by molar-refractivity contribution is 0.962.